The van der Waals surface area contributed by atoms with Gasteiger partial charge in [-0.1, -0.05) is 29.8 Å². The molecule has 2 aromatic carbocycles. The van der Waals surface area contributed by atoms with Crippen molar-refractivity contribution in [1.82, 2.24) is 9.97 Å². The summed E-state index contributed by atoms with van der Waals surface area (Å²) < 4.78 is 15.4. The van der Waals surface area contributed by atoms with E-state index < -0.39 is 12.1 Å². The number of nitrogens with one attached hydrogen (secondary N) is 2. The highest BCUT2D eigenvalue weighted by Gasteiger charge is 2.15. The van der Waals surface area contributed by atoms with Crippen molar-refractivity contribution in [3.63, 3.8) is 0 Å². The number of hydrazone groups is 1. The zero-order chi connectivity index (χ0) is 26.7. The van der Waals surface area contributed by atoms with E-state index in [0.29, 0.717) is 42.5 Å². The van der Waals surface area contributed by atoms with E-state index >= 15 is 0 Å². The molecule has 0 radical (unpaired) electrons. The molecule has 0 bridgehead atoms. The number of esters is 1. The molecule has 198 valence electrons. The summed E-state index contributed by atoms with van der Waals surface area (Å²) >= 11 is 0. The number of aryl methyl sites for hydroxylation is 1. The van der Waals surface area contributed by atoms with Crippen molar-refractivity contribution in [2.24, 2.45) is 5.10 Å². The smallest absolute Gasteiger partial charge is 0.411 e. The van der Waals surface area contributed by atoms with E-state index in [1.54, 1.807) is 30.5 Å². The van der Waals surface area contributed by atoms with Gasteiger partial charge >= 0.3 is 12.1 Å². The molecule has 1 aliphatic rings. The Morgan fingerprint density at radius 3 is 2.63 bits per heavy atom. The Hall–Kier alpha value is -4.51. The largest absolute Gasteiger partial charge is 0.465 e. The zero-order valence-corrected chi connectivity index (χ0v) is 21.3. The third-order valence-corrected chi connectivity index (χ3v) is 5.64. The number of rotatable bonds is 9. The first-order chi connectivity index (χ1) is 18.5. The fourth-order valence-electron chi connectivity index (χ4n) is 3.73. The lowest BCUT2D eigenvalue weighted by Gasteiger charge is -2.28. The Bertz CT molecular complexity index is 1280. The van der Waals surface area contributed by atoms with Crippen molar-refractivity contribution in [2.45, 2.75) is 13.3 Å². The van der Waals surface area contributed by atoms with Gasteiger partial charge in [0.2, 0.25) is 0 Å². The van der Waals surface area contributed by atoms with Gasteiger partial charge in [-0.2, -0.15) is 5.10 Å². The van der Waals surface area contributed by atoms with E-state index in [-0.39, 0.29) is 6.61 Å². The average Bonchev–Trinajstić information content (AvgIpc) is 2.93. The second-order valence-electron chi connectivity index (χ2n) is 8.49. The number of carbonyl (C=O) groups excluding carboxylic acids is 2. The molecule has 0 atom stereocenters. The van der Waals surface area contributed by atoms with Crippen LogP contribution in [0.1, 0.15) is 27.3 Å². The molecule has 1 fully saturated rings. The van der Waals surface area contributed by atoms with Crippen LogP contribution >= 0.6 is 0 Å². The fourth-order valence-corrected chi connectivity index (χ4v) is 3.73. The highest BCUT2D eigenvalue weighted by molar-refractivity contribution is 5.91. The van der Waals surface area contributed by atoms with Crippen LogP contribution in [0.4, 0.5) is 22.1 Å². The third kappa shape index (κ3) is 7.74. The quantitative estimate of drug-likeness (QED) is 0.248. The molecule has 38 heavy (non-hydrogen) atoms. The number of hydrogen-bond donors (Lipinski definition) is 2. The Morgan fingerprint density at radius 2 is 1.89 bits per heavy atom. The predicted octanol–water partition coefficient (Wildman–Crippen LogP) is 3.65. The van der Waals surface area contributed by atoms with E-state index in [1.807, 2.05) is 37.3 Å². The molecular formula is C27H30N6O5. The number of aromatic nitrogens is 2. The molecule has 1 aliphatic heterocycles. The van der Waals surface area contributed by atoms with Gasteiger partial charge in [-0.15, -0.1) is 0 Å². The first-order valence-corrected chi connectivity index (χ1v) is 12.2. The predicted molar refractivity (Wildman–Crippen MR) is 144 cm³/mol. The third-order valence-electron chi connectivity index (χ3n) is 5.64. The minimum atomic E-state index is -0.624. The maximum Gasteiger partial charge on any atom is 0.411 e. The lowest BCUT2D eigenvalue weighted by molar-refractivity contribution is 0.0600. The van der Waals surface area contributed by atoms with Gasteiger partial charge in [-0.25, -0.2) is 19.6 Å². The van der Waals surface area contributed by atoms with E-state index in [4.69, 9.17) is 9.47 Å². The summed E-state index contributed by atoms with van der Waals surface area (Å²) in [5.74, 6) is 1.35. The molecule has 2 N–H and O–H groups in total. The molecule has 11 nitrogen and oxygen atoms in total. The van der Waals surface area contributed by atoms with Crippen LogP contribution in [0.5, 0.6) is 0 Å². The molecule has 1 saturated heterocycles. The lowest BCUT2D eigenvalue weighted by Crippen LogP contribution is -2.37. The number of hydrogen-bond acceptors (Lipinski definition) is 10. The normalized spacial score (nSPS) is 13.3. The number of nitrogens with zero attached hydrogens (tertiary/aromatic N) is 4. The standard InChI is InChI=1S/C27H30N6O5/c1-19-4-3-5-20(16-19)18-28-32-24-17-25(33-11-14-37-15-12-33)31-23(30-24)10-13-38-27(35)29-22-8-6-21(7-9-22)26(34)36-2/h3-9,16-18H,10-15H2,1-2H3,(H,29,35)(H,30,31,32). The zero-order valence-electron chi connectivity index (χ0n) is 21.3. The highest BCUT2D eigenvalue weighted by atomic mass is 16.5. The van der Waals surface area contributed by atoms with Gasteiger partial charge in [0.1, 0.15) is 18.2 Å². The van der Waals surface area contributed by atoms with Crippen molar-refractivity contribution >= 4 is 35.6 Å². The molecule has 0 saturated carbocycles. The van der Waals surface area contributed by atoms with Crippen LogP contribution in [0, 0.1) is 6.92 Å². The molecule has 1 amide bonds. The summed E-state index contributed by atoms with van der Waals surface area (Å²) in [6.45, 7) is 4.78. The minimum absolute atomic E-state index is 0.0740. The number of benzene rings is 2. The van der Waals surface area contributed by atoms with Crippen molar-refractivity contribution in [2.75, 3.05) is 55.7 Å². The van der Waals surface area contributed by atoms with Gasteiger partial charge in [0.05, 0.1) is 32.1 Å². The molecule has 2 heterocycles. The van der Waals surface area contributed by atoms with Gasteiger partial charge in [-0.05, 0) is 36.8 Å². The van der Waals surface area contributed by atoms with Gasteiger partial charge in [0, 0.05) is 31.3 Å². The van der Waals surface area contributed by atoms with Crippen LogP contribution in [0.2, 0.25) is 0 Å². The second-order valence-corrected chi connectivity index (χ2v) is 8.49. The summed E-state index contributed by atoms with van der Waals surface area (Å²) in [7, 11) is 1.31. The van der Waals surface area contributed by atoms with Gasteiger partial charge in [-0.3, -0.25) is 10.7 Å². The summed E-state index contributed by atoms with van der Waals surface area (Å²) in [6, 6.07) is 16.2. The first-order valence-electron chi connectivity index (χ1n) is 12.2. The second kappa shape index (κ2) is 13.2. The monoisotopic (exact) mass is 518 g/mol. The molecule has 1 aromatic heterocycles. The summed E-state index contributed by atoms with van der Waals surface area (Å²) in [4.78, 5) is 35.1. The minimum Gasteiger partial charge on any atom is -0.465 e. The highest BCUT2D eigenvalue weighted by Crippen LogP contribution is 2.18. The first kappa shape index (κ1) is 26.6. The van der Waals surface area contributed by atoms with Gasteiger partial charge in [0.25, 0.3) is 0 Å². The van der Waals surface area contributed by atoms with Crippen LogP contribution < -0.4 is 15.6 Å². The Balaban J connectivity index is 1.37. The van der Waals surface area contributed by atoms with Crippen molar-refractivity contribution < 1.29 is 23.8 Å². The van der Waals surface area contributed by atoms with E-state index in [2.05, 4.69) is 35.4 Å². The van der Waals surface area contributed by atoms with Crippen LogP contribution in [0.3, 0.4) is 0 Å². The number of ether oxygens (including phenoxy) is 3. The molecule has 11 heteroatoms. The van der Waals surface area contributed by atoms with Gasteiger partial charge < -0.3 is 19.1 Å². The van der Waals surface area contributed by atoms with Crippen LogP contribution in [0.25, 0.3) is 0 Å². The van der Waals surface area contributed by atoms with Crippen LogP contribution in [0.15, 0.2) is 59.7 Å². The molecule has 0 aliphatic carbocycles. The van der Waals surface area contributed by atoms with Crippen molar-refractivity contribution in [3.05, 3.63) is 77.1 Å². The number of anilines is 3. The summed E-state index contributed by atoms with van der Waals surface area (Å²) in [5, 5.41) is 6.95. The van der Waals surface area contributed by atoms with E-state index in [1.165, 1.54) is 7.11 Å². The average molecular weight is 519 g/mol. The van der Waals surface area contributed by atoms with Crippen molar-refractivity contribution in [3.8, 4) is 0 Å². The van der Waals surface area contributed by atoms with E-state index in [9.17, 15) is 9.59 Å². The number of morpholine rings is 1. The SMILES string of the molecule is COC(=O)c1ccc(NC(=O)OCCc2nc(NN=Cc3cccc(C)c3)cc(N3CCOCC3)n2)cc1. The molecular weight excluding hydrogens is 488 g/mol. The van der Waals surface area contributed by atoms with Crippen LogP contribution in [-0.4, -0.2) is 68.3 Å². The molecule has 0 spiro atoms. The maximum atomic E-state index is 12.2. The van der Waals surface area contributed by atoms with Crippen molar-refractivity contribution in [1.29, 1.82) is 0 Å². The van der Waals surface area contributed by atoms with Gasteiger partial charge in [0.15, 0.2) is 5.82 Å². The molecule has 3 aromatic rings. The number of carbonyl (C=O) groups is 2. The number of amides is 1. The fraction of sp³-hybridized carbons (Fsp3) is 0.296. The summed E-state index contributed by atoms with van der Waals surface area (Å²) in [6.07, 6.45) is 1.42. The Labute approximate surface area is 220 Å². The maximum absolute atomic E-state index is 12.2. The number of methoxy groups -OCH3 is 1. The molecule has 0 unspecified atom stereocenters. The molecule has 4 rings (SSSR count). The Morgan fingerprint density at radius 1 is 1.11 bits per heavy atom. The lowest BCUT2D eigenvalue weighted by atomic mass is 10.2. The van der Waals surface area contributed by atoms with Crippen LogP contribution in [-0.2, 0) is 20.6 Å². The Kier molecular flexibility index (Phi) is 9.19. The van der Waals surface area contributed by atoms with E-state index in [0.717, 1.165) is 30.0 Å². The topological polar surface area (TPSA) is 127 Å². The summed E-state index contributed by atoms with van der Waals surface area (Å²) in [5.41, 5.74) is 5.99.